The second-order valence-corrected chi connectivity index (χ2v) is 14.9. The number of ether oxygens (including phenoxy) is 4. The first-order valence-corrected chi connectivity index (χ1v) is 22.2. The van der Waals surface area contributed by atoms with Crippen molar-refractivity contribution in [2.75, 3.05) is 72.5 Å². The zero-order valence-electron chi connectivity index (χ0n) is 36.6. The van der Waals surface area contributed by atoms with Crippen molar-refractivity contribution < 1.29 is 67.8 Å². The molecule has 0 aliphatic heterocycles. The Kier molecular flexibility index (Phi) is 38.9. The van der Waals surface area contributed by atoms with Gasteiger partial charge in [-0.3, -0.25) is 28.8 Å². The molecule has 0 bridgehead atoms. The highest BCUT2D eigenvalue weighted by atomic mass is 16.5. The molecule has 4 amide bonds. The van der Waals surface area contributed by atoms with Crippen LogP contribution in [0.25, 0.3) is 0 Å². The van der Waals surface area contributed by atoms with Crippen LogP contribution in [0.15, 0.2) is 0 Å². The third kappa shape index (κ3) is 40.0. The summed E-state index contributed by atoms with van der Waals surface area (Å²) in [4.78, 5) is 81.3. The van der Waals surface area contributed by atoms with Gasteiger partial charge < -0.3 is 60.8 Å². The van der Waals surface area contributed by atoms with Crippen molar-refractivity contribution in [2.24, 2.45) is 0 Å². The highest BCUT2D eigenvalue weighted by Gasteiger charge is 2.21. The summed E-state index contributed by atoms with van der Waals surface area (Å²) in [6, 6.07) is -1.74. The maximum absolute atomic E-state index is 12.3. The van der Waals surface area contributed by atoms with E-state index in [0.717, 1.165) is 44.9 Å². The molecule has 0 heterocycles. The number of nitrogens with one attached hydrogen (secondary N) is 5. The Morgan fingerprint density at radius 2 is 0.836 bits per heavy atom. The van der Waals surface area contributed by atoms with Crippen LogP contribution in [0.3, 0.4) is 0 Å². The molecule has 61 heavy (non-hydrogen) atoms. The van der Waals surface area contributed by atoms with Crippen LogP contribution in [0.1, 0.15) is 135 Å². The molecular formula is C41H76BN5O14. The van der Waals surface area contributed by atoms with E-state index in [1.165, 1.54) is 38.5 Å². The van der Waals surface area contributed by atoms with Gasteiger partial charge in [0.15, 0.2) is 7.98 Å². The number of hydrogen-bond acceptors (Lipinski definition) is 12. The number of carbonyl (C=O) groups excluding carboxylic acids is 4. The summed E-state index contributed by atoms with van der Waals surface area (Å²) in [5.41, 5.74) is 0. The molecule has 0 saturated carbocycles. The van der Waals surface area contributed by atoms with Crippen molar-refractivity contribution in [3.8, 4) is 0 Å². The average Bonchev–Trinajstić information content (AvgIpc) is 3.22. The van der Waals surface area contributed by atoms with Crippen LogP contribution in [-0.2, 0) is 52.5 Å². The molecule has 352 valence electrons. The molecule has 0 aromatic heterocycles. The summed E-state index contributed by atoms with van der Waals surface area (Å²) in [5.74, 6) is -4.09. The van der Waals surface area contributed by atoms with Crippen LogP contribution < -0.4 is 26.5 Å². The molecule has 0 aromatic carbocycles. The zero-order chi connectivity index (χ0) is 45.2. The van der Waals surface area contributed by atoms with Crippen molar-refractivity contribution in [1.29, 1.82) is 0 Å². The Morgan fingerprint density at radius 1 is 0.410 bits per heavy atom. The van der Waals surface area contributed by atoms with Crippen LogP contribution in [0.4, 0.5) is 0 Å². The number of hydrogen-bond donors (Lipinski definition) is 8. The molecule has 0 radical (unpaired) electrons. The van der Waals surface area contributed by atoms with Gasteiger partial charge >= 0.3 is 17.9 Å². The van der Waals surface area contributed by atoms with E-state index in [1.807, 2.05) is 0 Å². The fourth-order valence-electron chi connectivity index (χ4n) is 6.06. The summed E-state index contributed by atoms with van der Waals surface area (Å²) < 4.78 is 21.3. The first-order chi connectivity index (χ1) is 29.5. The van der Waals surface area contributed by atoms with Crippen molar-refractivity contribution in [3.63, 3.8) is 0 Å². The number of unbranched alkanes of at least 4 members (excludes halogenated alkanes) is 14. The minimum atomic E-state index is -1.19. The van der Waals surface area contributed by atoms with Crippen LogP contribution in [-0.4, -0.2) is 149 Å². The lowest BCUT2D eigenvalue weighted by molar-refractivity contribution is -0.142. The summed E-state index contributed by atoms with van der Waals surface area (Å²) >= 11 is 0. The fraction of sp³-hybridized carbons (Fsp3) is 0.829. The minimum absolute atomic E-state index is 0.0305. The Hall–Kier alpha value is -3.85. The Morgan fingerprint density at radius 3 is 1.30 bits per heavy atom. The first-order valence-electron chi connectivity index (χ1n) is 22.2. The van der Waals surface area contributed by atoms with Crippen LogP contribution in [0.5, 0.6) is 0 Å². The largest absolute Gasteiger partial charge is 0.481 e. The second-order valence-electron chi connectivity index (χ2n) is 14.9. The molecular weight excluding hydrogens is 797 g/mol. The molecule has 0 unspecified atom stereocenters. The van der Waals surface area contributed by atoms with E-state index < -0.39 is 30.0 Å². The highest BCUT2D eigenvalue weighted by Crippen LogP contribution is 2.14. The topological polar surface area (TPSA) is 277 Å². The molecule has 0 fully saturated rings. The molecule has 19 nitrogen and oxygen atoms in total. The monoisotopic (exact) mass is 874 g/mol. The second kappa shape index (κ2) is 41.5. The lowest BCUT2D eigenvalue weighted by Gasteiger charge is -2.14. The number of carboxylic acid groups (broad SMARTS) is 3. The maximum atomic E-state index is 12.3. The number of rotatable bonds is 45. The molecule has 0 aromatic rings. The fourth-order valence-corrected chi connectivity index (χ4v) is 6.06. The van der Waals surface area contributed by atoms with E-state index in [0.29, 0.717) is 32.2 Å². The van der Waals surface area contributed by atoms with Gasteiger partial charge in [0.25, 0.3) is 0 Å². The quantitative estimate of drug-likeness (QED) is 0.0320. The van der Waals surface area contributed by atoms with E-state index in [2.05, 4.69) is 26.5 Å². The van der Waals surface area contributed by atoms with Crippen LogP contribution in [0, 0.1) is 0 Å². The summed E-state index contributed by atoms with van der Waals surface area (Å²) in [5, 5.41) is 40.4. The van der Waals surface area contributed by atoms with Crippen molar-refractivity contribution in [2.45, 2.75) is 147 Å². The number of carbonyl (C=O) groups is 7. The Labute approximate surface area is 362 Å². The van der Waals surface area contributed by atoms with E-state index in [4.69, 9.17) is 29.2 Å². The normalized spacial score (nSPS) is 12.0. The Balaban J connectivity index is 3.65. The molecule has 0 rings (SSSR count). The molecule has 0 saturated heterocycles. The lowest BCUT2D eigenvalue weighted by atomic mass is 10.0. The maximum Gasteiger partial charge on any atom is 0.326 e. The zero-order valence-corrected chi connectivity index (χ0v) is 36.6. The van der Waals surface area contributed by atoms with E-state index in [1.54, 1.807) is 7.98 Å². The summed E-state index contributed by atoms with van der Waals surface area (Å²) in [7, 11) is 1.59. The molecule has 0 aliphatic carbocycles. The Bertz CT molecular complexity index is 1200. The molecule has 8 N–H and O–H groups in total. The number of aliphatic carboxylic acids is 3. The molecule has 0 aliphatic rings. The average molecular weight is 874 g/mol. The van der Waals surface area contributed by atoms with Gasteiger partial charge in [0.05, 0.1) is 45.7 Å². The van der Waals surface area contributed by atoms with Crippen LogP contribution in [0.2, 0.25) is 0 Å². The number of amides is 4. The summed E-state index contributed by atoms with van der Waals surface area (Å²) in [6.45, 7) is 1.86. The number of carboxylic acids is 3. The van der Waals surface area contributed by atoms with Crippen molar-refractivity contribution >= 4 is 49.5 Å². The predicted molar refractivity (Wildman–Crippen MR) is 230 cm³/mol. The van der Waals surface area contributed by atoms with Gasteiger partial charge in [-0.25, -0.2) is 4.79 Å². The van der Waals surface area contributed by atoms with Crippen molar-refractivity contribution in [3.05, 3.63) is 0 Å². The standard InChI is InChI=1S/C41H76BN5O14/c42-47-34(41(56)57)17-15-16-22-43-37(50)31-60-29-28-59-26-24-45-38(51)32-61-30-27-58-25-23-44-35(48)21-20-33(40(54)55)46-36(49)18-13-11-9-7-5-3-1-2-4-6-8-10-12-14-19-39(52)53/h33-34,47H,1-32,42H2,(H,43,50)(H,44,48)(H,45,51)(H,46,49)(H,52,53)(H,54,55)(H,56,57)/t33-,34-/m0/s1. The SMILES string of the molecule is BN[C@@H](CCCCNC(=O)COCCOCCNC(=O)COCCOCCNC(=O)CC[C@H](NC(=O)CCCCCCCCCCCCCCCCC(=O)O)C(=O)O)C(=O)O. The van der Waals surface area contributed by atoms with Crippen LogP contribution >= 0.6 is 0 Å². The third-order valence-corrected chi connectivity index (χ3v) is 9.57. The van der Waals surface area contributed by atoms with Gasteiger partial charge in [0.1, 0.15) is 19.3 Å². The van der Waals surface area contributed by atoms with Gasteiger partial charge in [-0.05, 0) is 38.5 Å². The van der Waals surface area contributed by atoms with Gasteiger partial charge in [-0.15, -0.1) is 0 Å². The van der Waals surface area contributed by atoms with E-state index in [-0.39, 0.29) is 115 Å². The third-order valence-electron chi connectivity index (χ3n) is 9.57. The van der Waals surface area contributed by atoms with Gasteiger partial charge in [-0.1, -0.05) is 77.0 Å². The van der Waals surface area contributed by atoms with E-state index in [9.17, 15) is 38.7 Å². The minimum Gasteiger partial charge on any atom is -0.481 e. The van der Waals surface area contributed by atoms with Gasteiger partial charge in [0.2, 0.25) is 23.6 Å². The first kappa shape index (κ1) is 57.2. The molecule has 0 spiro atoms. The molecule has 20 heteroatoms. The smallest absolute Gasteiger partial charge is 0.326 e. The highest BCUT2D eigenvalue weighted by molar-refractivity contribution is 6.06. The summed E-state index contributed by atoms with van der Waals surface area (Å²) in [6.07, 6.45) is 17.2. The lowest BCUT2D eigenvalue weighted by Crippen LogP contribution is -2.41. The van der Waals surface area contributed by atoms with E-state index >= 15 is 0 Å². The predicted octanol–water partition coefficient (Wildman–Crippen LogP) is 1.84. The molecule has 2 atom stereocenters. The van der Waals surface area contributed by atoms with Gasteiger partial charge in [0, 0.05) is 38.9 Å². The van der Waals surface area contributed by atoms with Gasteiger partial charge in [-0.2, -0.15) is 0 Å². The van der Waals surface area contributed by atoms with Crippen molar-refractivity contribution in [1.82, 2.24) is 26.5 Å².